The predicted octanol–water partition coefficient (Wildman–Crippen LogP) is 4.01. The first-order valence-corrected chi connectivity index (χ1v) is 7.74. The Balaban J connectivity index is 1.88. The summed E-state index contributed by atoms with van der Waals surface area (Å²) in [5.74, 6) is -0.250. The van der Waals surface area contributed by atoms with E-state index in [2.05, 4.69) is 23.1 Å². The SMILES string of the molecule is CCOC(=O)c1ccc2cc(N3CCCCC3)ccc2c1. The van der Waals surface area contributed by atoms with Crippen LogP contribution in [0.5, 0.6) is 0 Å². The van der Waals surface area contributed by atoms with E-state index >= 15 is 0 Å². The van der Waals surface area contributed by atoms with E-state index < -0.39 is 0 Å². The quantitative estimate of drug-likeness (QED) is 0.797. The molecular weight excluding hydrogens is 262 g/mol. The van der Waals surface area contributed by atoms with Gasteiger partial charge in [0.25, 0.3) is 0 Å². The van der Waals surface area contributed by atoms with Crippen LogP contribution in [0.15, 0.2) is 36.4 Å². The van der Waals surface area contributed by atoms with Gasteiger partial charge in [0, 0.05) is 18.8 Å². The Bertz CT molecular complexity index is 645. The molecule has 1 heterocycles. The summed E-state index contributed by atoms with van der Waals surface area (Å²) in [6, 6.07) is 12.2. The molecule has 1 saturated heterocycles. The van der Waals surface area contributed by atoms with Gasteiger partial charge in [0.1, 0.15) is 0 Å². The van der Waals surface area contributed by atoms with Crippen LogP contribution in [0.4, 0.5) is 5.69 Å². The van der Waals surface area contributed by atoms with Crippen LogP contribution in [-0.4, -0.2) is 25.7 Å². The topological polar surface area (TPSA) is 29.5 Å². The van der Waals surface area contributed by atoms with Crippen molar-refractivity contribution in [2.45, 2.75) is 26.2 Å². The Labute approximate surface area is 125 Å². The van der Waals surface area contributed by atoms with Crippen LogP contribution in [-0.2, 0) is 4.74 Å². The van der Waals surface area contributed by atoms with Crippen molar-refractivity contribution in [3.63, 3.8) is 0 Å². The molecule has 1 aliphatic heterocycles. The lowest BCUT2D eigenvalue weighted by Crippen LogP contribution is -2.29. The molecule has 0 bridgehead atoms. The van der Waals surface area contributed by atoms with E-state index in [0.29, 0.717) is 12.2 Å². The van der Waals surface area contributed by atoms with Gasteiger partial charge in [-0.15, -0.1) is 0 Å². The van der Waals surface area contributed by atoms with Gasteiger partial charge in [-0.1, -0.05) is 12.1 Å². The minimum atomic E-state index is -0.250. The molecule has 0 unspecified atom stereocenters. The summed E-state index contributed by atoms with van der Waals surface area (Å²) < 4.78 is 5.05. The third kappa shape index (κ3) is 3.02. The maximum Gasteiger partial charge on any atom is 0.338 e. The largest absolute Gasteiger partial charge is 0.462 e. The molecule has 3 rings (SSSR count). The first-order valence-electron chi connectivity index (χ1n) is 7.74. The molecule has 0 amide bonds. The fraction of sp³-hybridized carbons (Fsp3) is 0.389. The lowest BCUT2D eigenvalue weighted by Gasteiger charge is -2.29. The molecule has 1 fully saturated rings. The molecule has 2 aromatic rings. The summed E-state index contributed by atoms with van der Waals surface area (Å²) in [4.78, 5) is 14.2. The van der Waals surface area contributed by atoms with Gasteiger partial charge in [0.2, 0.25) is 0 Å². The molecular formula is C18H21NO2. The number of piperidine rings is 1. The zero-order chi connectivity index (χ0) is 14.7. The highest BCUT2D eigenvalue weighted by Crippen LogP contribution is 2.25. The Morgan fingerprint density at radius 1 is 1.05 bits per heavy atom. The Hall–Kier alpha value is -2.03. The summed E-state index contributed by atoms with van der Waals surface area (Å²) in [6.45, 7) is 4.52. The second-order valence-corrected chi connectivity index (χ2v) is 5.51. The smallest absolute Gasteiger partial charge is 0.338 e. The van der Waals surface area contributed by atoms with Gasteiger partial charge in [-0.25, -0.2) is 4.79 Å². The Morgan fingerprint density at radius 3 is 2.52 bits per heavy atom. The summed E-state index contributed by atoms with van der Waals surface area (Å²) in [5.41, 5.74) is 1.90. The van der Waals surface area contributed by atoms with E-state index in [4.69, 9.17) is 4.74 Å². The molecule has 1 aliphatic rings. The molecule has 0 spiro atoms. The molecule has 0 atom stereocenters. The minimum Gasteiger partial charge on any atom is -0.462 e. The molecule has 0 saturated carbocycles. The number of hydrogen-bond acceptors (Lipinski definition) is 3. The average molecular weight is 283 g/mol. The van der Waals surface area contributed by atoms with E-state index in [-0.39, 0.29) is 5.97 Å². The van der Waals surface area contributed by atoms with E-state index in [1.54, 1.807) is 0 Å². The monoisotopic (exact) mass is 283 g/mol. The van der Waals surface area contributed by atoms with E-state index in [0.717, 1.165) is 18.5 Å². The van der Waals surface area contributed by atoms with Crippen molar-refractivity contribution in [1.82, 2.24) is 0 Å². The third-order valence-corrected chi connectivity index (χ3v) is 4.06. The fourth-order valence-corrected chi connectivity index (χ4v) is 2.92. The molecule has 0 N–H and O–H groups in total. The number of rotatable bonds is 3. The number of nitrogens with zero attached hydrogens (tertiary/aromatic N) is 1. The lowest BCUT2D eigenvalue weighted by molar-refractivity contribution is 0.0526. The highest BCUT2D eigenvalue weighted by atomic mass is 16.5. The number of esters is 1. The summed E-state index contributed by atoms with van der Waals surface area (Å²) >= 11 is 0. The van der Waals surface area contributed by atoms with Crippen molar-refractivity contribution in [3.8, 4) is 0 Å². The number of benzene rings is 2. The van der Waals surface area contributed by atoms with Gasteiger partial charge in [0.05, 0.1) is 12.2 Å². The number of anilines is 1. The molecule has 3 nitrogen and oxygen atoms in total. The van der Waals surface area contributed by atoms with Crippen LogP contribution in [0.3, 0.4) is 0 Å². The van der Waals surface area contributed by atoms with Gasteiger partial charge in [-0.3, -0.25) is 0 Å². The number of ether oxygens (including phenoxy) is 1. The van der Waals surface area contributed by atoms with E-state index in [1.165, 1.54) is 30.3 Å². The van der Waals surface area contributed by atoms with Gasteiger partial charge in [0.15, 0.2) is 0 Å². The fourth-order valence-electron chi connectivity index (χ4n) is 2.92. The Kier molecular flexibility index (Phi) is 4.09. The number of carbonyl (C=O) groups is 1. The standard InChI is InChI=1S/C18H21NO2/c1-2-21-18(20)16-7-6-15-13-17(9-8-14(15)12-16)19-10-4-3-5-11-19/h6-9,12-13H,2-5,10-11H2,1H3. The van der Waals surface area contributed by atoms with Crippen LogP contribution < -0.4 is 4.90 Å². The molecule has 21 heavy (non-hydrogen) atoms. The molecule has 0 radical (unpaired) electrons. The van der Waals surface area contributed by atoms with E-state index in [1.807, 2.05) is 25.1 Å². The summed E-state index contributed by atoms with van der Waals surface area (Å²) in [7, 11) is 0. The summed E-state index contributed by atoms with van der Waals surface area (Å²) in [6.07, 6.45) is 3.90. The first kappa shape index (κ1) is 13.9. The van der Waals surface area contributed by atoms with Crippen LogP contribution in [0, 0.1) is 0 Å². The molecule has 110 valence electrons. The van der Waals surface area contributed by atoms with Crippen molar-refractivity contribution in [1.29, 1.82) is 0 Å². The van der Waals surface area contributed by atoms with Crippen LogP contribution >= 0.6 is 0 Å². The van der Waals surface area contributed by atoms with Crippen molar-refractivity contribution in [3.05, 3.63) is 42.0 Å². The predicted molar refractivity (Wildman–Crippen MR) is 86.0 cm³/mol. The average Bonchev–Trinajstić information content (AvgIpc) is 2.55. The molecule has 3 heteroatoms. The van der Waals surface area contributed by atoms with Crippen LogP contribution in [0.25, 0.3) is 10.8 Å². The van der Waals surface area contributed by atoms with Crippen molar-refractivity contribution < 1.29 is 9.53 Å². The second-order valence-electron chi connectivity index (χ2n) is 5.51. The maximum absolute atomic E-state index is 11.8. The molecule has 0 aliphatic carbocycles. The zero-order valence-electron chi connectivity index (χ0n) is 12.5. The van der Waals surface area contributed by atoms with Crippen molar-refractivity contribution >= 4 is 22.4 Å². The van der Waals surface area contributed by atoms with E-state index in [9.17, 15) is 4.79 Å². The number of hydrogen-bond donors (Lipinski definition) is 0. The highest BCUT2D eigenvalue weighted by Gasteiger charge is 2.12. The first-order chi connectivity index (χ1) is 10.3. The third-order valence-electron chi connectivity index (χ3n) is 4.06. The van der Waals surface area contributed by atoms with Crippen molar-refractivity contribution in [2.24, 2.45) is 0 Å². The maximum atomic E-state index is 11.8. The number of carbonyl (C=O) groups excluding carboxylic acids is 1. The Morgan fingerprint density at radius 2 is 1.76 bits per heavy atom. The minimum absolute atomic E-state index is 0.250. The molecule has 2 aromatic carbocycles. The normalized spacial score (nSPS) is 15.2. The van der Waals surface area contributed by atoms with Gasteiger partial charge in [-0.2, -0.15) is 0 Å². The summed E-state index contributed by atoms with van der Waals surface area (Å²) in [5, 5.41) is 2.26. The van der Waals surface area contributed by atoms with Gasteiger partial charge in [-0.05, 0) is 61.2 Å². The number of fused-ring (bicyclic) bond motifs is 1. The van der Waals surface area contributed by atoms with Gasteiger partial charge < -0.3 is 9.64 Å². The van der Waals surface area contributed by atoms with Gasteiger partial charge >= 0.3 is 5.97 Å². The molecule has 0 aromatic heterocycles. The van der Waals surface area contributed by atoms with Crippen molar-refractivity contribution in [2.75, 3.05) is 24.6 Å². The highest BCUT2D eigenvalue weighted by molar-refractivity contribution is 5.96. The zero-order valence-corrected chi connectivity index (χ0v) is 12.5. The lowest BCUT2D eigenvalue weighted by atomic mass is 10.0. The van der Waals surface area contributed by atoms with Crippen LogP contribution in [0.1, 0.15) is 36.5 Å². The van der Waals surface area contributed by atoms with Crippen LogP contribution in [0.2, 0.25) is 0 Å². The second kappa shape index (κ2) is 6.17.